The first-order valence-electron chi connectivity index (χ1n) is 5.91. The van der Waals surface area contributed by atoms with Gasteiger partial charge >= 0.3 is 5.97 Å². The molecule has 0 atom stereocenters. The third-order valence-corrected chi connectivity index (χ3v) is 2.80. The Morgan fingerprint density at radius 2 is 2.24 bits per heavy atom. The molecule has 8 nitrogen and oxygen atoms in total. The zero-order valence-corrected chi connectivity index (χ0v) is 10.9. The van der Waals surface area contributed by atoms with Gasteiger partial charge in [-0.2, -0.15) is 5.26 Å². The monoisotopic (exact) mass is 287 g/mol. The second kappa shape index (κ2) is 5.42. The molecule has 106 valence electrons. The number of nitro groups is 1. The van der Waals surface area contributed by atoms with Crippen molar-refractivity contribution in [1.82, 2.24) is 0 Å². The van der Waals surface area contributed by atoms with E-state index >= 15 is 0 Å². The number of carbonyl (C=O) groups excluding carboxylic acids is 2. The van der Waals surface area contributed by atoms with Gasteiger partial charge in [0.25, 0.3) is 11.6 Å². The number of anilines is 1. The van der Waals surface area contributed by atoms with Crippen molar-refractivity contribution in [2.45, 2.75) is 6.92 Å². The molecule has 0 saturated carbocycles. The molecule has 0 radical (unpaired) electrons. The number of nitrogens with one attached hydrogen (secondary N) is 1. The molecule has 0 unspecified atom stereocenters. The van der Waals surface area contributed by atoms with Gasteiger partial charge in [0.2, 0.25) is 0 Å². The number of rotatable bonds is 3. The summed E-state index contributed by atoms with van der Waals surface area (Å²) in [5, 5.41) is 22.3. The van der Waals surface area contributed by atoms with Crippen molar-refractivity contribution in [3.8, 4) is 6.07 Å². The third kappa shape index (κ3) is 2.44. The quantitative estimate of drug-likeness (QED) is 0.294. The van der Waals surface area contributed by atoms with Crippen molar-refractivity contribution in [3.05, 3.63) is 39.4 Å². The summed E-state index contributed by atoms with van der Waals surface area (Å²) in [6.45, 7) is 1.60. The van der Waals surface area contributed by atoms with E-state index in [1.807, 2.05) is 0 Å². The number of esters is 1. The van der Waals surface area contributed by atoms with E-state index < -0.39 is 22.4 Å². The molecule has 8 heteroatoms. The molecular formula is C13H9N3O5. The van der Waals surface area contributed by atoms with Gasteiger partial charge in [-0.3, -0.25) is 14.9 Å². The Balaban J connectivity index is 2.64. The van der Waals surface area contributed by atoms with Gasteiger partial charge in [0.15, 0.2) is 5.57 Å². The fourth-order valence-electron chi connectivity index (χ4n) is 1.92. The summed E-state index contributed by atoms with van der Waals surface area (Å²) in [6, 6.07) is 5.33. The summed E-state index contributed by atoms with van der Waals surface area (Å²) < 4.78 is 4.72. The van der Waals surface area contributed by atoms with Gasteiger partial charge in [-0.1, -0.05) is 0 Å². The zero-order valence-electron chi connectivity index (χ0n) is 10.9. The second-order valence-corrected chi connectivity index (χ2v) is 4.02. The molecule has 0 saturated heterocycles. The third-order valence-electron chi connectivity index (χ3n) is 2.80. The number of nitriles is 1. The van der Waals surface area contributed by atoms with E-state index in [0.29, 0.717) is 5.69 Å². The van der Waals surface area contributed by atoms with E-state index in [4.69, 9.17) is 10.00 Å². The Labute approximate surface area is 118 Å². The van der Waals surface area contributed by atoms with Crippen molar-refractivity contribution >= 4 is 28.8 Å². The fraction of sp³-hybridized carbons (Fsp3) is 0.154. The topological polar surface area (TPSA) is 122 Å². The molecule has 1 aliphatic rings. The average Bonchev–Trinajstić information content (AvgIpc) is 2.76. The summed E-state index contributed by atoms with van der Waals surface area (Å²) in [7, 11) is 0. The molecule has 1 aromatic carbocycles. The Bertz CT molecular complexity index is 730. The first kappa shape index (κ1) is 14.2. The molecule has 1 aromatic rings. The highest BCUT2D eigenvalue weighted by Crippen LogP contribution is 2.36. The molecule has 0 bridgehead atoms. The minimum absolute atomic E-state index is 0.0424. The van der Waals surface area contributed by atoms with Crippen molar-refractivity contribution in [1.29, 1.82) is 5.26 Å². The number of nitro benzene ring substituents is 1. The first-order chi connectivity index (χ1) is 9.99. The Kier molecular flexibility index (Phi) is 3.67. The van der Waals surface area contributed by atoms with Crippen LogP contribution in [0.3, 0.4) is 0 Å². The standard InChI is InChI=1S/C13H9N3O5/c1-2-21-13(18)9(6-14)11-8-5-7(16(19)20)3-4-10(8)15-12(11)17/h3-5H,2H2,1H3,(H,15,17)/b11-9-. The molecule has 0 spiro atoms. The fourth-order valence-corrected chi connectivity index (χ4v) is 1.92. The van der Waals surface area contributed by atoms with Crippen molar-refractivity contribution in [2.75, 3.05) is 11.9 Å². The van der Waals surface area contributed by atoms with Gasteiger partial charge in [0.1, 0.15) is 6.07 Å². The lowest BCUT2D eigenvalue weighted by Crippen LogP contribution is -2.13. The van der Waals surface area contributed by atoms with Crippen LogP contribution in [-0.4, -0.2) is 23.4 Å². The number of hydrogen-bond donors (Lipinski definition) is 1. The largest absolute Gasteiger partial charge is 0.462 e. The van der Waals surface area contributed by atoms with E-state index in [1.54, 1.807) is 13.0 Å². The molecule has 0 aromatic heterocycles. The van der Waals surface area contributed by atoms with Gasteiger partial charge in [0.05, 0.1) is 17.1 Å². The average molecular weight is 287 g/mol. The second-order valence-electron chi connectivity index (χ2n) is 4.02. The highest BCUT2D eigenvalue weighted by atomic mass is 16.6. The highest BCUT2D eigenvalue weighted by Gasteiger charge is 2.32. The van der Waals surface area contributed by atoms with Crippen molar-refractivity contribution < 1.29 is 19.2 Å². The van der Waals surface area contributed by atoms with Crippen LogP contribution < -0.4 is 5.32 Å². The predicted molar refractivity (Wildman–Crippen MR) is 70.9 cm³/mol. The van der Waals surface area contributed by atoms with E-state index in [1.165, 1.54) is 12.1 Å². The minimum Gasteiger partial charge on any atom is -0.462 e. The Hall–Kier alpha value is -3.21. The molecule has 1 aliphatic heterocycles. The summed E-state index contributed by atoms with van der Waals surface area (Å²) >= 11 is 0. The zero-order chi connectivity index (χ0) is 15.6. The maximum Gasteiger partial charge on any atom is 0.349 e. The van der Waals surface area contributed by atoms with Gasteiger partial charge in [-0.15, -0.1) is 0 Å². The molecule has 1 amide bonds. The van der Waals surface area contributed by atoms with Crippen LogP contribution in [0.1, 0.15) is 12.5 Å². The van der Waals surface area contributed by atoms with Crippen molar-refractivity contribution in [2.24, 2.45) is 0 Å². The smallest absolute Gasteiger partial charge is 0.349 e. The molecule has 21 heavy (non-hydrogen) atoms. The molecule has 2 rings (SSSR count). The van der Waals surface area contributed by atoms with E-state index in [2.05, 4.69) is 5.32 Å². The molecule has 0 fully saturated rings. The molecular weight excluding hydrogens is 278 g/mol. The highest BCUT2D eigenvalue weighted by molar-refractivity contribution is 6.36. The van der Waals surface area contributed by atoms with Crippen LogP contribution in [0.2, 0.25) is 0 Å². The molecule has 0 aliphatic carbocycles. The number of non-ortho nitro benzene ring substituents is 1. The van der Waals surface area contributed by atoms with Crippen LogP contribution in [0.5, 0.6) is 0 Å². The van der Waals surface area contributed by atoms with Gasteiger partial charge in [-0.05, 0) is 13.0 Å². The lowest BCUT2D eigenvalue weighted by atomic mass is 10.0. The Morgan fingerprint density at radius 1 is 1.52 bits per heavy atom. The number of amides is 1. The van der Waals surface area contributed by atoms with Crippen LogP contribution in [0.25, 0.3) is 5.57 Å². The number of nitrogens with zero attached hydrogens (tertiary/aromatic N) is 2. The van der Waals surface area contributed by atoms with Crippen molar-refractivity contribution in [3.63, 3.8) is 0 Å². The SMILES string of the molecule is CCOC(=O)/C(C#N)=C1\C(=O)Nc2ccc([N+](=O)[O-])cc21. The number of benzene rings is 1. The van der Waals surface area contributed by atoms with Crippen LogP contribution in [0, 0.1) is 21.4 Å². The number of carbonyl (C=O) groups is 2. The maximum atomic E-state index is 11.9. The lowest BCUT2D eigenvalue weighted by molar-refractivity contribution is -0.384. The number of ether oxygens (including phenoxy) is 1. The van der Waals surface area contributed by atoms with Gasteiger partial charge in [0, 0.05) is 23.4 Å². The summed E-state index contributed by atoms with van der Waals surface area (Å²) in [5.41, 5.74) is -0.497. The normalized spacial score (nSPS) is 14.8. The van der Waals surface area contributed by atoms with Gasteiger partial charge in [-0.25, -0.2) is 4.79 Å². The van der Waals surface area contributed by atoms with Crippen LogP contribution in [0.4, 0.5) is 11.4 Å². The van der Waals surface area contributed by atoms with Gasteiger partial charge < -0.3 is 10.1 Å². The molecule has 1 N–H and O–H groups in total. The minimum atomic E-state index is -0.940. The summed E-state index contributed by atoms with van der Waals surface area (Å²) in [6.07, 6.45) is 0. The summed E-state index contributed by atoms with van der Waals surface area (Å²) in [4.78, 5) is 33.8. The van der Waals surface area contributed by atoms with Crippen LogP contribution in [0.15, 0.2) is 23.8 Å². The predicted octanol–water partition coefficient (Wildman–Crippen LogP) is 1.39. The number of fused-ring (bicyclic) bond motifs is 1. The van der Waals surface area contributed by atoms with E-state index in [0.717, 1.165) is 6.07 Å². The van der Waals surface area contributed by atoms with E-state index in [9.17, 15) is 19.7 Å². The van der Waals surface area contributed by atoms with E-state index in [-0.39, 0.29) is 23.4 Å². The van der Waals surface area contributed by atoms with Crippen LogP contribution in [-0.2, 0) is 14.3 Å². The van der Waals surface area contributed by atoms with Crippen LogP contribution >= 0.6 is 0 Å². The first-order valence-corrected chi connectivity index (χ1v) is 5.91. The number of hydrogen-bond acceptors (Lipinski definition) is 6. The Morgan fingerprint density at radius 3 is 2.81 bits per heavy atom. The summed E-state index contributed by atoms with van der Waals surface area (Å²) in [5.74, 6) is -1.61. The lowest BCUT2D eigenvalue weighted by Gasteiger charge is -2.03. The maximum absolute atomic E-state index is 11.9. The molecule has 1 heterocycles.